The van der Waals surface area contributed by atoms with Gasteiger partial charge in [-0.25, -0.2) is 0 Å². The van der Waals surface area contributed by atoms with E-state index in [1.54, 1.807) is 0 Å². The van der Waals surface area contributed by atoms with Crippen molar-refractivity contribution in [3.63, 3.8) is 0 Å². The van der Waals surface area contributed by atoms with Gasteiger partial charge in [-0.3, -0.25) is 0 Å². The maximum atomic E-state index is 2.43. The standard InChI is InChI=1S/C10H20N/c1-10-5-4-8-11(9-10)6-2-3-7-11/h10H,2-9H2,1H3/q+1. The minimum Gasteiger partial charge on any atom is -0.323 e. The van der Waals surface area contributed by atoms with E-state index in [2.05, 4.69) is 6.92 Å². The Kier molecular flexibility index (Phi) is 1.92. The quantitative estimate of drug-likeness (QED) is 0.468. The van der Waals surface area contributed by atoms with E-state index in [9.17, 15) is 0 Å². The third-order valence-corrected chi connectivity index (χ3v) is 3.54. The van der Waals surface area contributed by atoms with Gasteiger partial charge in [-0.1, -0.05) is 6.92 Å². The minimum atomic E-state index is 1.00. The van der Waals surface area contributed by atoms with Crippen LogP contribution in [0.1, 0.15) is 32.6 Å². The van der Waals surface area contributed by atoms with E-state index in [4.69, 9.17) is 0 Å². The first kappa shape index (κ1) is 7.60. The molecule has 0 aromatic rings. The third kappa shape index (κ3) is 1.44. The molecule has 2 fully saturated rings. The van der Waals surface area contributed by atoms with Crippen molar-refractivity contribution in [2.75, 3.05) is 26.2 Å². The highest BCUT2D eigenvalue weighted by atomic mass is 15.4. The molecule has 11 heavy (non-hydrogen) atoms. The Balaban J connectivity index is 2.00. The van der Waals surface area contributed by atoms with Crippen LogP contribution in [0.25, 0.3) is 0 Å². The molecule has 0 bridgehead atoms. The van der Waals surface area contributed by atoms with Crippen molar-refractivity contribution in [1.82, 2.24) is 0 Å². The van der Waals surface area contributed by atoms with Gasteiger partial charge >= 0.3 is 0 Å². The van der Waals surface area contributed by atoms with Crippen LogP contribution in [0.2, 0.25) is 0 Å². The van der Waals surface area contributed by atoms with Gasteiger partial charge in [-0.05, 0) is 12.8 Å². The predicted octanol–water partition coefficient (Wildman–Crippen LogP) is 2.03. The van der Waals surface area contributed by atoms with Crippen molar-refractivity contribution in [3.05, 3.63) is 0 Å². The van der Waals surface area contributed by atoms with Crippen LogP contribution < -0.4 is 0 Å². The highest BCUT2D eigenvalue weighted by molar-refractivity contribution is 4.64. The Morgan fingerprint density at radius 3 is 2.27 bits per heavy atom. The highest BCUT2D eigenvalue weighted by Crippen LogP contribution is 2.28. The van der Waals surface area contributed by atoms with Gasteiger partial charge in [0.15, 0.2) is 0 Å². The molecule has 1 heteroatoms. The minimum absolute atomic E-state index is 1.00. The first-order chi connectivity index (χ1) is 5.31. The lowest BCUT2D eigenvalue weighted by molar-refractivity contribution is -0.924. The molecule has 1 nitrogen and oxygen atoms in total. The zero-order valence-corrected chi connectivity index (χ0v) is 7.68. The first-order valence-electron chi connectivity index (χ1n) is 5.16. The van der Waals surface area contributed by atoms with Crippen LogP contribution in [0.4, 0.5) is 0 Å². The summed E-state index contributed by atoms with van der Waals surface area (Å²) >= 11 is 0. The topological polar surface area (TPSA) is 0 Å². The molecule has 1 spiro atoms. The maximum Gasteiger partial charge on any atom is 0.0812 e. The lowest BCUT2D eigenvalue weighted by Gasteiger charge is -2.40. The van der Waals surface area contributed by atoms with Crippen LogP contribution in [0.3, 0.4) is 0 Å². The number of nitrogens with zero attached hydrogens (tertiary/aromatic N) is 1. The monoisotopic (exact) mass is 154 g/mol. The van der Waals surface area contributed by atoms with E-state index < -0.39 is 0 Å². The van der Waals surface area contributed by atoms with Gasteiger partial charge < -0.3 is 4.48 Å². The van der Waals surface area contributed by atoms with Gasteiger partial charge in [0.25, 0.3) is 0 Å². The Morgan fingerprint density at radius 1 is 1.00 bits per heavy atom. The molecule has 2 rings (SSSR count). The summed E-state index contributed by atoms with van der Waals surface area (Å²) in [4.78, 5) is 0. The van der Waals surface area contributed by atoms with Crippen LogP contribution in [0, 0.1) is 5.92 Å². The van der Waals surface area contributed by atoms with Crippen molar-refractivity contribution < 1.29 is 4.48 Å². The summed E-state index contributed by atoms with van der Waals surface area (Å²) in [6, 6.07) is 0. The molecule has 0 aliphatic carbocycles. The number of piperidine rings is 1. The second-order valence-electron chi connectivity index (χ2n) is 4.65. The average molecular weight is 154 g/mol. The normalized spacial score (nSPS) is 36.3. The Hall–Kier alpha value is -0.0400. The lowest BCUT2D eigenvalue weighted by atomic mass is 9.98. The molecule has 0 aromatic heterocycles. The molecule has 2 heterocycles. The van der Waals surface area contributed by atoms with Crippen LogP contribution >= 0.6 is 0 Å². The van der Waals surface area contributed by atoms with Crippen LogP contribution in [0.15, 0.2) is 0 Å². The van der Waals surface area contributed by atoms with Crippen molar-refractivity contribution in [3.8, 4) is 0 Å². The fourth-order valence-corrected chi connectivity index (χ4v) is 3.03. The molecule has 2 aliphatic heterocycles. The molecule has 1 unspecified atom stereocenters. The lowest BCUT2D eigenvalue weighted by Crippen LogP contribution is -2.51. The van der Waals surface area contributed by atoms with Gasteiger partial charge in [0.1, 0.15) is 0 Å². The Bertz CT molecular complexity index is 136. The molecule has 1 atom stereocenters. The number of hydrogen-bond donors (Lipinski definition) is 0. The van der Waals surface area contributed by atoms with Gasteiger partial charge in [0.05, 0.1) is 26.2 Å². The van der Waals surface area contributed by atoms with Gasteiger partial charge in [0.2, 0.25) is 0 Å². The summed E-state index contributed by atoms with van der Waals surface area (Å²) in [6.45, 7) is 8.39. The van der Waals surface area contributed by atoms with Crippen LogP contribution in [-0.2, 0) is 0 Å². The molecular formula is C10H20N+. The summed E-state index contributed by atoms with van der Waals surface area (Å²) < 4.78 is 1.49. The molecule has 64 valence electrons. The fraction of sp³-hybridized carbons (Fsp3) is 1.00. The largest absolute Gasteiger partial charge is 0.323 e. The average Bonchev–Trinajstić information content (AvgIpc) is 2.37. The molecule has 0 radical (unpaired) electrons. The summed E-state index contributed by atoms with van der Waals surface area (Å²) in [5.74, 6) is 1.00. The fourth-order valence-electron chi connectivity index (χ4n) is 3.03. The zero-order chi connectivity index (χ0) is 7.73. The summed E-state index contributed by atoms with van der Waals surface area (Å²) in [5, 5.41) is 0. The molecule has 0 aromatic carbocycles. The summed E-state index contributed by atoms with van der Waals surface area (Å²) in [7, 11) is 0. The van der Waals surface area contributed by atoms with Crippen molar-refractivity contribution in [2.24, 2.45) is 5.92 Å². The smallest absolute Gasteiger partial charge is 0.0812 e. The second kappa shape index (κ2) is 2.78. The maximum absolute atomic E-state index is 2.43. The van der Waals surface area contributed by atoms with E-state index >= 15 is 0 Å². The molecular weight excluding hydrogens is 134 g/mol. The number of rotatable bonds is 0. The molecule has 0 amide bonds. The SMILES string of the molecule is CC1CCC[N+]2(CCCC2)C1. The molecule has 0 saturated carbocycles. The Labute approximate surface area is 70.0 Å². The van der Waals surface area contributed by atoms with Gasteiger partial charge in [0, 0.05) is 18.8 Å². The third-order valence-electron chi connectivity index (χ3n) is 3.54. The highest BCUT2D eigenvalue weighted by Gasteiger charge is 2.35. The zero-order valence-electron chi connectivity index (χ0n) is 7.68. The molecule has 0 N–H and O–H groups in total. The molecule has 2 saturated heterocycles. The number of hydrogen-bond acceptors (Lipinski definition) is 0. The predicted molar refractivity (Wildman–Crippen MR) is 47.4 cm³/mol. The van der Waals surface area contributed by atoms with E-state index in [0.717, 1.165) is 5.92 Å². The van der Waals surface area contributed by atoms with E-state index in [1.165, 1.54) is 56.3 Å². The van der Waals surface area contributed by atoms with Gasteiger partial charge in [-0.2, -0.15) is 0 Å². The van der Waals surface area contributed by atoms with E-state index in [0.29, 0.717) is 0 Å². The van der Waals surface area contributed by atoms with Crippen molar-refractivity contribution in [1.29, 1.82) is 0 Å². The Morgan fingerprint density at radius 2 is 1.64 bits per heavy atom. The first-order valence-corrected chi connectivity index (χ1v) is 5.16. The molecule has 2 aliphatic rings. The van der Waals surface area contributed by atoms with Crippen LogP contribution in [0.5, 0.6) is 0 Å². The van der Waals surface area contributed by atoms with Crippen LogP contribution in [-0.4, -0.2) is 30.7 Å². The van der Waals surface area contributed by atoms with E-state index in [1.807, 2.05) is 0 Å². The number of quaternary nitrogens is 1. The van der Waals surface area contributed by atoms with E-state index in [-0.39, 0.29) is 0 Å². The van der Waals surface area contributed by atoms with Gasteiger partial charge in [-0.15, -0.1) is 0 Å². The summed E-state index contributed by atoms with van der Waals surface area (Å²) in [5.41, 5.74) is 0. The summed E-state index contributed by atoms with van der Waals surface area (Å²) in [6.07, 6.45) is 5.96. The second-order valence-corrected chi connectivity index (χ2v) is 4.65. The van der Waals surface area contributed by atoms with Crippen molar-refractivity contribution >= 4 is 0 Å². The van der Waals surface area contributed by atoms with Crippen molar-refractivity contribution in [2.45, 2.75) is 32.6 Å².